The molecule has 1 atom stereocenters. The molecule has 1 unspecified atom stereocenters. The van der Waals surface area contributed by atoms with Gasteiger partial charge in [-0.2, -0.15) is 0 Å². The minimum atomic E-state index is 0.211. The third-order valence-electron chi connectivity index (χ3n) is 3.31. The van der Waals surface area contributed by atoms with Crippen LogP contribution < -0.4 is 5.32 Å². The molecule has 0 bridgehead atoms. The quantitative estimate of drug-likeness (QED) is 0.761. The third-order valence-corrected chi connectivity index (χ3v) is 3.31. The molecule has 0 aliphatic carbocycles. The number of hydrogen-bond acceptors (Lipinski definition) is 2. The topological polar surface area (TPSA) is 32.3 Å². The van der Waals surface area contributed by atoms with Gasteiger partial charge in [-0.25, -0.2) is 0 Å². The second-order valence-electron chi connectivity index (χ2n) is 5.68. The molecule has 2 heteroatoms. The second-order valence-corrected chi connectivity index (χ2v) is 5.68. The van der Waals surface area contributed by atoms with E-state index in [1.54, 1.807) is 0 Å². The summed E-state index contributed by atoms with van der Waals surface area (Å²) in [7, 11) is 0. The van der Waals surface area contributed by atoms with Gasteiger partial charge in [0.2, 0.25) is 0 Å². The summed E-state index contributed by atoms with van der Waals surface area (Å²) in [5.41, 5.74) is 4.17. The molecule has 2 N–H and O–H groups in total. The summed E-state index contributed by atoms with van der Waals surface area (Å²) in [6.45, 7) is 6.94. The van der Waals surface area contributed by atoms with E-state index in [0.29, 0.717) is 0 Å². The van der Waals surface area contributed by atoms with Crippen LogP contribution in [0.5, 0.6) is 0 Å². The van der Waals surface area contributed by atoms with E-state index in [4.69, 9.17) is 5.11 Å². The molecule has 1 aromatic carbocycles. The van der Waals surface area contributed by atoms with Crippen LogP contribution in [0.25, 0.3) is 0 Å². The van der Waals surface area contributed by atoms with Crippen molar-refractivity contribution >= 4 is 5.69 Å². The number of rotatable bonds is 1. The van der Waals surface area contributed by atoms with Gasteiger partial charge in [-0.3, -0.25) is 0 Å². The first-order chi connectivity index (χ1) is 7.50. The molecule has 1 aliphatic heterocycles. The highest BCUT2D eigenvalue weighted by Gasteiger charge is 2.20. The summed E-state index contributed by atoms with van der Waals surface area (Å²) >= 11 is 0. The Balaban J connectivity index is 2.28. The van der Waals surface area contributed by atoms with E-state index < -0.39 is 0 Å². The molecule has 2 rings (SSSR count). The van der Waals surface area contributed by atoms with Crippen molar-refractivity contribution in [2.75, 3.05) is 11.9 Å². The lowest BCUT2D eigenvalue weighted by Gasteiger charge is -2.28. The van der Waals surface area contributed by atoms with E-state index >= 15 is 0 Å². The Labute approximate surface area is 97.7 Å². The molecule has 2 nitrogen and oxygen atoms in total. The van der Waals surface area contributed by atoms with Gasteiger partial charge in [0.1, 0.15) is 0 Å². The molecule has 0 aromatic heterocycles. The van der Waals surface area contributed by atoms with Crippen LogP contribution in [-0.4, -0.2) is 17.8 Å². The smallest absolute Gasteiger partial charge is 0.0632 e. The third kappa shape index (κ3) is 2.22. The lowest BCUT2D eigenvalue weighted by Crippen LogP contribution is -2.29. The van der Waals surface area contributed by atoms with Gasteiger partial charge in [0.15, 0.2) is 0 Å². The summed E-state index contributed by atoms with van der Waals surface area (Å²) in [6.07, 6.45) is 2.09. The maximum atomic E-state index is 9.14. The van der Waals surface area contributed by atoms with E-state index in [9.17, 15) is 0 Å². The number of nitrogens with one attached hydrogen (secondary N) is 1. The van der Waals surface area contributed by atoms with Crippen LogP contribution in [-0.2, 0) is 11.8 Å². The Morgan fingerprint density at radius 3 is 2.75 bits per heavy atom. The molecule has 1 heterocycles. The lowest BCUT2D eigenvalue weighted by atomic mass is 9.84. The van der Waals surface area contributed by atoms with Gasteiger partial charge in [-0.15, -0.1) is 0 Å². The van der Waals surface area contributed by atoms with Gasteiger partial charge in [0.25, 0.3) is 0 Å². The van der Waals surface area contributed by atoms with Crippen LogP contribution in [0.15, 0.2) is 18.2 Å². The van der Waals surface area contributed by atoms with Crippen LogP contribution in [0.4, 0.5) is 5.69 Å². The van der Waals surface area contributed by atoms with Crippen LogP contribution in [0.3, 0.4) is 0 Å². The maximum absolute atomic E-state index is 9.14. The van der Waals surface area contributed by atoms with E-state index in [1.807, 2.05) is 0 Å². The molecular formula is C14H21NO. The average Bonchev–Trinajstić information content (AvgIpc) is 2.26. The number of hydrogen-bond donors (Lipinski definition) is 2. The Morgan fingerprint density at radius 1 is 1.38 bits per heavy atom. The number of anilines is 1. The van der Waals surface area contributed by atoms with Gasteiger partial charge >= 0.3 is 0 Å². The number of aliphatic hydroxyl groups is 1. The van der Waals surface area contributed by atoms with Crippen LogP contribution in [0, 0.1) is 0 Å². The predicted octanol–water partition coefficient (Wildman–Crippen LogP) is 2.70. The Bertz CT molecular complexity index is 379. The predicted molar refractivity (Wildman–Crippen MR) is 68.0 cm³/mol. The molecule has 0 fully saturated rings. The first kappa shape index (κ1) is 11.5. The van der Waals surface area contributed by atoms with Crippen molar-refractivity contribution in [1.29, 1.82) is 0 Å². The fourth-order valence-corrected chi connectivity index (χ4v) is 2.17. The molecule has 0 radical (unpaired) electrons. The average molecular weight is 219 g/mol. The lowest BCUT2D eigenvalue weighted by molar-refractivity contribution is 0.267. The van der Waals surface area contributed by atoms with Crippen LogP contribution in [0.1, 0.15) is 38.3 Å². The van der Waals surface area contributed by atoms with Gasteiger partial charge in [0.05, 0.1) is 6.61 Å². The zero-order chi connectivity index (χ0) is 11.8. The molecule has 1 aromatic rings. The minimum Gasteiger partial charge on any atom is -0.394 e. The highest BCUT2D eigenvalue weighted by molar-refractivity contribution is 5.56. The van der Waals surface area contributed by atoms with E-state index in [0.717, 1.165) is 12.8 Å². The van der Waals surface area contributed by atoms with Gasteiger partial charge in [-0.1, -0.05) is 32.9 Å². The molecule has 88 valence electrons. The second kappa shape index (κ2) is 4.10. The highest BCUT2D eigenvalue weighted by atomic mass is 16.3. The van der Waals surface area contributed by atoms with Crippen molar-refractivity contribution in [1.82, 2.24) is 0 Å². The van der Waals surface area contributed by atoms with E-state index in [-0.39, 0.29) is 18.1 Å². The Morgan fingerprint density at radius 2 is 2.12 bits per heavy atom. The summed E-state index contributed by atoms with van der Waals surface area (Å²) in [5.74, 6) is 0. The van der Waals surface area contributed by atoms with Crippen molar-refractivity contribution in [3.05, 3.63) is 29.3 Å². The van der Waals surface area contributed by atoms with Crippen molar-refractivity contribution in [2.45, 2.75) is 45.1 Å². The number of fused-ring (bicyclic) bond motifs is 1. The molecule has 0 saturated carbocycles. The van der Waals surface area contributed by atoms with Crippen molar-refractivity contribution in [3.8, 4) is 0 Å². The number of aliphatic hydroxyl groups excluding tert-OH is 1. The van der Waals surface area contributed by atoms with Crippen LogP contribution >= 0.6 is 0 Å². The molecule has 0 spiro atoms. The van der Waals surface area contributed by atoms with Crippen molar-refractivity contribution in [3.63, 3.8) is 0 Å². The minimum absolute atomic E-state index is 0.211. The Hall–Kier alpha value is -1.02. The van der Waals surface area contributed by atoms with Gasteiger partial charge in [-0.05, 0) is 35.4 Å². The molecule has 0 saturated heterocycles. The zero-order valence-electron chi connectivity index (χ0n) is 10.4. The molecule has 16 heavy (non-hydrogen) atoms. The normalized spacial score (nSPS) is 20.1. The molecule has 0 amide bonds. The number of aryl methyl sites for hydroxylation is 1. The fraction of sp³-hybridized carbons (Fsp3) is 0.571. The monoisotopic (exact) mass is 219 g/mol. The van der Waals surface area contributed by atoms with Gasteiger partial charge < -0.3 is 10.4 Å². The molecule has 1 aliphatic rings. The largest absolute Gasteiger partial charge is 0.394 e. The first-order valence-electron chi connectivity index (χ1n) is 6.01. The maximum Gasteiger partial charge on any atom is 0.0632 e. The number of benzene rings is 1. The zero-order valence-corrected chi connectivity index (χ0v) is 10.4. The summed E-state index contributed by atoms with van der Waals surface area (Å²) in [4.78, 5) is 0. The van der Waals surface area contributed by atoms with E-state index in [1.165, 1.54) is 16.8 Å². The standard InChI is InChI=1S/C14H21NO/c1-14(2,3)11-5-7-13-10(8-11)4-6-12(9-16)15-13/h5,7-8,12,15-16H,4,6,9H2,1-3H3. The van der Waals surface area contributed by atoms with E-state index in [2.05, 4.69) is 44.3 Å². The highest BCUT2D eigenvalue weighted by Crippen LogP contribution is 2.30. The van der Waals surface area contributed by atoms with Crippen molar-refractivity contribution < 1.29 is 5.11 Å². The summed E-state index contributed by atoms with van der Waals surface area (Å²) in [5, 5.41) is 12.5. The van der Waals surface area contributed by atoms with Crippen LogP contribution in [0.2, 0.25) is 0 Å². The Kier molecular flexibility index (Phi) is 2.94. The summed E-state index contributed by atoms with van der Waals surface area (Å²) in [6, 6.07) is 6.87. The fourth-order valence-electron chi connectivity index (χ4n) is 2.17. The molecular weight excluding hydrogens is 198 g/mol. The SMILES string of the molecule is CC(C)(C)c1ccc2c(c1)CCC(CO)N2. The summed E-state index contributed by atoms with van der Waals surface area (Å²) < 4.78 is 0. The first-order valence-corrected chi connectivity index (χ1v) is 6.01. The van der Waals surface area contributed by atoms with Crippen molar-refractivity contribution in [2.24, 2.45) is 0 Å². The van der Waals surface area contributed by atoms with Gasteiger partial charge in [0, 0.05) is 11.7 Å².